The van der Waals surface area contributed by atoms with Gasteiger partial charge in [0.05, 0.1) is 5.69 Å². The summed E-state index contributed by atoms with van der Waals surface area (Å²) in [5, 5.41) is 2.87. The van der Waals surface area contributed by atoms with Crippen LogP contribution in [0.3, 0.4) is 0 Å². The highest BCUT2D eigenvalue weighted by atomic mass is 35.5. The van der Waals surface area contributed by atoms with Gasteiger partial charge in [-0.2, -0.15) is 0 Å². The van der Waals surface area contributed by atoms with Crippen molar-refractivity contribution in [3.8, 4) is 0 Å². The predicted octanol–water partition coefficient (Wildman–Crippen LogP) is 3.58. The number of nitrogens with one attached hydrogen (secondary N) is 1. The van der Waals surface area contributed by atoms with Crippen LogP contribution in [0.5, 0.6) is 0 Å². The number of alkyl halides is 1. The molecule has 1 saturated heterocycles. The Kier molecular flexibility index (Phi) is 4.17. The molecule has 1 unspecified atom stereocenters. The topological polar surface area (TPSA) is 37.4 Å². The summed E-state index contributed by atoms with van der Waals surface area (Å²) in [5.74, 6) is 0.285. The van der Waals surface area contributed by atoms with E-state index in [1.807, 2.05) is 0 Å². The van der Waals surface area contributed by atoms with Gasteiger partial charge in [0.1, 0.15) is 5.82 Å². The standard InChI is InChI=1S/C16H19ClFN3O/c17-21-7-4-13(10-15(21)18)14-2-1-3-16(20-14)19-11-12-5-8-22-9-6-12/h1-4,7,10,12,15H,5-6,8-9,11H2,(H,19,20)/i11D2. The van der Waals surface area contributed by atoms with Crippen LogP contribution in [0.15, 0.2) is 36.6 Å². The highest BCUT2D eigenvalue weighted by Crippen LogP contribution is 2.24. The Bertz CT molecular complexity index is 650. The first-order valence-electron chi connectivity index (χ1n) is 8.27. The van der Waals surface area contributed by atoms with Crippen molar-refractivity contribution in [3.05, 3.63) is 42.2 Å². The van der Waals surface area contributed by atoms with Crippen LogP contribution in [-0.2, 0) is 4.74 Å². The maximum absolute atomic E-state index is 13.7. The van der Waals surface area contributed by atoms with Crippen LogP contribution >= 0.6 is 11.8 Å². The van der Waals surface area contributed by atoms with Crippen LogP contribution in [-0.4, -0.2) is 35.4 Å². The molecular weight excluding hydrogens is 305 g/mol. The molecule has 0 aromatic carbocycles. The van der Waals surface area contributed by atoms with E-state index in [9.17, 15) is 4.39 Å². The molecule has 118 valence electrons. The molecule has 3 rings (SSSR count). The van der Waals surface area contributed by atoms with E-state index in [0.717, 1.165) is 4.42 Å². The van der Waals surface area contributed by atoms with Gasteiger partial charge in [-0.05, 0) is 43.0 Å². The molecule has 1 aromatic heterocycles. The molecule has 0 amide bonds. The summed E-state index contributed by atoms with van der Waals surface area (Å²) in [6.07, 6.45) is 4.39. The van der Waals surface area contributed by atoms with Gasteiger partial charge < -0.3 is 10.1 Å². The number of aromatic nitrogens is 1. The van der Waals surface area contributed by atoms with Gasteiger partial charge in [0, 0.05) is 46.0 Å². The Morgan fingerprint density at radius 1 is 1.45 bits per heavy atom. The Morgan fingerprint density at radius 2 is 2.27 bits per heavy atom. The van der Waals surface area contributed by atoms with Crippen LogP contribution < -0.4 is 5.32 Å². The van der Waals surface area contributed by atoms with E-state index in [2.05, 4.69) is 10.3 Å². The molecular formula is C16H19ClFN3O. The number of hydrogen-bond donors (Lipinski definition) is 1. The summed E-state index contributed by atoms with van der Waals surface area (Å²) in [5.41, 5.74) is 1.17. The summed E-state index contributed by atoms with van der Waals surface area (Å²) in [6, 6.07) is 5.22. The molecule has 6 heteroatoms. The van der Waals surface area contributed by atoms with Gasteiger partial charge >= 0.3 is 0 Å². The van der Waals surface area contributed by atoms with Crippen LogP contribution in [0.1, 0.15) is 21.3 Å². The SMILES string of the molecule is [2H]C([2H])(Nc1cccc(C2=CC(F)N(Cl)C=C2)n1)C1CCOCC1. The van der Waals surface area contributed by atoms with Gasteiger partial charge in [0.2, 0.25) is 6.30 Å². The van der Waals surface area contributed by atoms with Gasteiger partial charge in [-0.3, -0.25) is 4.42 Å². The number of rotatable bonds is 4. The molecule has 1 atom stereocenters. The molecule has 0 aliphatic carbocycles. The average molecular weight is 326 g/mol. The van der Waals surface area contributed by atoms with Gasteiger partial charge in [-0.25, -0.2) is 9.37 Å². The maximum atomic E-state index is 13.7. The Labute approximate surface area is 137 Å². The zero-order valence-corrected chi connectivity index (χ0v) is 12.8. The number of ether oxygens (including phenoxy) is 1. The highest BCUT2D eigenvalue weighted by Gasteiger charge is 2.16. The first-order chi connectivity index (χ1) is 11.5. The van der Waals surface area contributed by atoms with E-state index >= 15 is 0 Å². The Balaban J connectivity index is 1.76. The largest absolute Gasteiger partial charge is 0.381 e. The fourth-order valence-corrected chi connectivity index (χ4v) is 2.48. The van der Waals surface area contributed by atoms with Crippen molar-refractivity contribution in [2.45, 2.75) is 19.1 Å². The van der Waals surface area contributed by atoms with Gasteiger partial charge in [0.25, 0.3) is 0 Å². The summed E-state index contributed by atoms with van der Waals surface area (Å²) in [6.45, 7) is -0.435. The predicted molar refractivity (Wildman–Crippen MR) is 86.0 cm³/mol. The van der Waals surface area contributed by atoms with E-state index in [-0.39, 0.29) is 5.92 Å². The van der Waals surface area contributed by atoms with Crippen LogP contribution in [0.25, 0.3) is 5.57 Å². The number of allylic oxidation sites excluding steroid dienone is 2. The van der Waals surface area contributed by atoms with Gasteiger partial charge in [-0.15, -0.1) is 0 Å². The van der Waals surface area contributed by atoms with E-state index in [0.29, 0.717) is 43.1 Å². The minimum Gasteiger partial charge on any atom is -0.381 e. The minimum absolute atomic E-state index is 0.134. The molecule has 1 N–H and O–H groups in total. The summed E-state index contributed by atoms with van der Waals surface area (Å²) >= 11 is 5.66. The van der Waals surface area contributed by atoms with Crippen LogP contribution in [0.2, 0.25) is 0 Å². The molecule has 22 heavy (non-hydrogen) atoms. The number of hydrogen-bond acceptors (Lipinski definition) is 4. The second-order valence-corrected chi connectivity index (χ2v) is 5.61. The van der Waals surface area contributed by atoms with E-state index < -0.39 is 12.8 Å². The second kappa shape index (κ2) is 7.11. The van der Waals surface area contributed by atoms with E-state index in [1.165, 1.54) is 12.3 Å². The lowest BCUT2D eigenvalue weighted by Gasteiger charge is -2.22. The normalized spacial score (nSPS) is 24.5. The van der Waals surface area contributed by atoms with E-state index in [4.69, 9.17) is 19.3 Å². The maximum Gasteiger partial charge on any atom is 0.205 e. The van der Waals surface area contributed by atoms with Crippen molar-refractivity contribution >= 4 is 23.2 Å². The monoisotopic (exact) mass is 325 g/mol. The highest BCUT2D eigenvalue weighted by molar-refractivity contribution is 6.14. The van der Waals surface area contributed by atoms with Gasteiger partial charge in [-0.1, -0.05) is 6.07 Å². The average Bonchev–Trinajstić information content (AvgIpc) is 2.58. The molecule has 1 aromatic rings. The Morgan fingerprint density at radius 3 is 3.05 bits per heavy atom. The zero-order chi connectivity index (χ0) is 17.2. The van der Waals surface area contributed by atoms with Crippen LogP contribution in [0, 0.1) is 5.92 Å². The van der Waals surface area contributed by atoms with Crippen molar-refractivity contribution in [2.24, 2.45) is 5.92 Å². The molecule has 0 spiro atoms. The third-order valence-electron chi connectivity index (χ3n) is 3.62. The lowest BCUT2D eigenvalue weighted by molar-refractivity contribution is 0.0699. The lowest BCUT2D eigenvalue weighted by atomic mass is 10.0. The molecule has 4 nitrogen and oxygen atoms in total. The van der Waals surface area contributed by atoms with Crippen LogP contribution in [0.4, 0.5) is 10.2 Å². The van der Waals surface area contributed by atoms with Gasteiger partial charge in [0.15, 0.2) is 0 Å². The third-order valence-corrected chi connectivity index (χ3v) is 3.92. The molecule has 0 bridgehead atoms. The molecule has 1 fully saturated rings. The quantitative estimate of drug-likeness (QED) is 0.678. The Hall–Kier alpha value is -1.59. The fraction of sp³-hybridized carbons (Fsp3) is 0.438. The van der Waals surface area contributed by atoms with E-state index in [1.54, 1.807) is 24.3 Å². The van der Waals surface area contributed by atoms with Crippen molar-refractivity contribution in [2.75, 3.05) is 25.0 Å². The fourth-order valence-electron chi connectivity index (χ4n) is 2.36. The molecule has 0 radical (unpaired) electrons. The molecule has 2 aliphatic rings. The first kappa shape index (κ1) is 12.9. The number of halogens is 2. The molecule has 0 saturated carbocycles. The smallest absolute Gasteiger partial charge is 0.205 e. The molecule has 3 heterocycles. The summed E-state index contributed by atoms with van der Waals surface area (Å²) < 4.78 is 36.5. The molecule has 2 aliphatic heterocycles. The number of anilines is 1. The number of nitrogens with zero attached hydrogens (tertiary/aromatic N) is 2. The zero-order valence-electron chi connectivity index (χ0n) is 14.0. The van der Waals surface area contributed by atoms with Crippen molar-refractivity contribution in [1.29, 1.82) is 0 Å². The van der Waals surface area contributed by atoms with Crippen molar-refractivity contribution < 1.29 is 11.9 Å². The summed E-state index contributed by atoms with van der Waals surface area (Å²) in [7, 11) is 0. The summed E-state index contributed by atoms with van der Waals surface area (Å²) in [4.78, 5) is 4.41. The minimum atomic E-state index is -1.58. The van der Waals surface area contributed by atoms with Crippen molar-refractivity contribution in [3.63, 3.8) is 0 Å². The lowest BCUT2D eigenvalue weighted by Crippen LogP contribution is -2.23. The second-order valence-electron chi connectivity index (χ2n) is 5.22. The third kappa shape index (κ3) is 3.78. The number of pyridine rings is 1. The van der Waals surface area contributed by atoms with Crippen molar-refractivity contribution in [1.82, 2.24) is 9.40 Å². The first-order valence-corrected chi connectivity index (χ1v) is 7.61.